The lowest BCUT2D eigenvalue weighted by Crippen LogP contribution is -2.10. The monoisotopic (exact) mass is 509 g/mol. The van der Waals surface area contributed by atoms with E-state index in [9.17, 15) is 4.79 Å². The molecule has 0 aliphatic heterocycles. The van der Waals surface area contributed by atoms with Crippen LogP contribution in [0.25, 0.3) is 0 Å². The first kappa shape index (κ1) is 35.5. The van der Waals surface area contributed by atoms with Gasteiger partial charge in [-0.1, -0.05) is 181 Å². The zero-order chi connectivity index (χ0) is 26.4. The third-order valence-corrected chi connectivity index (χ3v) is 7.96. The van der Waals surface area contributed by atoms with Crippen LogP contribution in [0.2, 0.25) is 0 Å². The van der Waals surface area contributed by atoms with Gasteiger partial charge in [-0.15, -0.1) is 0 Å². The van der Waals surface area contributed by atoms with Gasteiger partial charge in [0.05, 0.1) is 6.61 Å². The molecule has 216 valence electrons. The molecule has 0 radical (unpaired) electrons. The summed E-state index contributed by atoms with van der Waals surface area (Å²) in [6.07, 6.45) is 37.4. The Morgan fingerprint density at radius 1 is 0.444 bits per heavy atom. The van der Waals surface area contributed by atoms with Gasteiger partial charge in [-0.2, -0.15) is 0 Å². The molecule has 0 aliphatic rings. The van der Waals surface area contributed by atoms with Crippen LogP contribution in [0.1, 0.15) is 201 Å². The van der Waals surface area contributed by atoms with Crippen molar-refractivity contribution in [3.8, 4) is 0 Å². The molecule has 2 nitrogen and oxygen atoms in total. The summed E-state index contributed by atoms with van der Waals surface area (Å²) >= 11 is 0. The highest BCUT2D eigenvalue weighted by Gasteiger charge is 2.11. The van der Waals surface area contributed by atoms with Crippen LogP contribution in [-0.4, -0.2) is 12.6 Å². The molecule has 0 bridgehead atoms. The molecule has 0 N–H and O–H groups in total. The third-order valence-electron chi connectivity index (χ3n) is 7.96. The van der Waals surface area contributed by atoms with E-state index in [0.29, 0.717) is 13.0 Å². The molecule has 0 amide bonds. The maximum absolute atomic E-state index is 11.9. The van der Waals surface area contributed by atoms with Crippen molar-refractivity contribution in [2.24, 2.45) is 5.92 Å². The number of unbranched alkanes of at least 4 members (excludes halogenated alkanes) is 21. The van der Waals surface area contributed by atoms with Crippen LogP contribution >= 0.6 is 0 Å². The van der Waals surface area contributed by atoms with Crippen molar-refractivity contribution < 1.29 is 9.53 Å². The summed E-state index contributed by atoms with van der Waals surface area (Å²) in [6.45, 7) is 7.36. The van der Waals surface area contributed by atoms with Gasteiger partial charge in [0.25, 0.3) is 0 Å². The highest BCUT2D eigenvalue weighted by Crippen LogP contribution is 2.23. The molecule has 0 saturated heterocycles. The molecule has 0 rings (SSSR count). The topological polar surface area (TPSA) is 26.3 Å². The molecule has 0 aromatic carbocycles. The van der Waals surface area contributed by atoms with E-state index in [4.69, 9.17) is 4.74 Å². The zero-order valence-corrected chi connectivity index (χ0v) is 25.4. The summed E-state index contributed by atoms with van der Waals surface area (Å²) in [7, 11) is 0. The molecule has 2 heteroatoms. The van der Waals surface area contributed by atoms with E-state index in [1.165, 1.54) is 154 Å². The fraction of sp³-hybridized carbons (Fsp3) is 0.971. The molecule has 1 unspecified atom stereocenters. The van der Waals surface area contributed by atoms with Crippen molar-refractivity contribution in [3.05, 3.63) is 0 Å². The fourth-order valence-corrected chi connectivity index (χ4v) is 5.36. The molecule has 1 atom stereocenters. The molecule has 0 aromatic rings. The Balaban J connectivity index is 3.89. The molecule has 0 fully saturated rings. The van der Waals surface area contributed by atoms with Gasteiger partial charge in [0.1, 0.15) is 0 Å². The van der Waals surface area contributed by atoms with Gasteiger partial charge in [-0.05, 0) is 18.8 Å². The van der Waals surface area contributed by atoms with Gasteiger partial charge < -0.3 is 4.74 Å². The molecular formula is C34H68O2. The minimum Gasteiger partial charge on any atom is -0.466 e. The van der Waals surface area contributed by atoms with Crippen molar-refractivity contribution in [1.29, 1.82) is 0 Å². The number of esters is 1. The van der Waals surface area contributed by atoms with Crippen LogP contribution in [0.4, 0.5) is 0 Å². The quantitative estimate of drug-likeness (QED) is 0.0712. The van der Waals surface area contributed by atoms with Crippen molar-refractivity contribution in [2.75, 3.05) is 6.61 Å². The average Bonchev–Trinajstić information content (AvgIpc) is 2.88. The normalized spacial score (nSPS) is 12.2. The predicted octanol–water partition coefficient (Wildman–Crippen LogP) is 12.1. The maximum atomic E-state index is 11.9. The van der Waals surface area contributed by atoms with Gasteiger partial charge in [0.2, 0.25) is 0 Å². The molecule has 0 spiro atoms. The van der Waals surface area contributed by atoms with E-state index in [0.717, 1.165) is 25.2 Å². The van der Waals surface area contributed by atoms with Crippen LogP contribution < -0.4 is 0 Å². The molecule has 0 heterocycles. The molecule has 36 heavy (non-hydrogen) atoms. The van der Waals surface area contributed by atoms with Gasteiger partial charge in [0, 0.05) is 6.42 Å². The summed E-state index contributed by atoms with van der Waals surface area (Å²) in [5, 5.41) is 0. The second-order valence-corrected chi connectivity index (χ2v) is 11.6. The minimum absolute atomic E-state index is 0.0138. The Morgan fingerprint density at radius 2 is 0.778 bits per heavy atom. The van der Waals surface area contributed by atoms with Crippen molar-refractivity contribution >= 4 is 5.97 Å². The first-order chi connectivity index (χ1) is 17.7. The molecule has 0 saturated carbocycles. The minimum atomic E-state index is 0.0138. The number of rotatable bonds is 30. The van der Waals surface area contributed by atoms with E-state index in [-0.39, 0.29) is 5.97 Å². The summed E-state index contributed by atoms with van der Waals surface area (Å²) in [5.74, 6) is 0.765. The van der Waals surface area contributed by atoms with Crippen LogP contribution in [0.3, 0.4) is 0 Å². The Bertz CT molecular complexity index is 419. The summed E-state index contributed by atoms with van der Waals surface area (Å²) in [5.41, 5.74) is 0. The number of hydrogen-bond acceptors (Lipinski definition) is 2. The van der Waals surface area contributed by atoms with E-state index in [2.05, 4.69) is 20.8 Å². The van der Waals surface area contributed by atoms with E-state index >= 15 is 0 Å². The van der Waals surface area contributed by atoms with E-state index in [1.807, 2.05) is 0 Å². The molecule has 0 aliphatic carbocycles. The number of ether oxygens (including phenoxy) is 1. The van der Waals surface area contributed by atoms with E-state index < -0.39 is 0 Å². The second kappa shape index (κ2) is 30.7. The van der Waals surface area contributed by atoms with E-state index in [1.54, 1.807) is 0 Å². The Kier molecular flexibility index (Phi) is 30.2. The average molecular weight is 509 g/mol. The van der Waals surface area contributed by atoms with Crippen LogP contribution in [0.15, 0.2) is 0 Å². The SMILES string of the molecule is CCCCCCCCCCCCCCC(CCCCCCCCCCCC)CCOC(=O)CCCC. The lowest BCUT2D eigenvalue weighted by atomic mass is 9.91. The smallest absolute Gasteiger partial charge is 0.305 e. The largest absolute Gasteiger partial charge is 0.466 e. The van der Waals surface area contributed by atoms with Gasteiger partial charge in [-0.3, -0.25) is 4.79 Å². The third kappa shape index (κ3) is 28.0. The first-order valence-corrected chi connectivity index (χ1v) is 16.9. The van der Waals surface area contributed by atoms with Crippen molar-refractivity contribution in [1.82, 2.24) is 0 Å². The lowest BCUT2D eigenvalue weighted by molar-refractivity contribution is -0.144. The fourth-order valence-electron chi connectivity index (χ4n) is 5.36. The highest BCUT2D eigenvalue weighted by molar-refractivity contribution is 5.69. The van der Waals surface area contributed by atoms with Gasteiger partial charge in [-0.25, -0.2) is 0 Å². The Morgan fingerprint density at radius 3 is 1.14 bits per heavy atom. The Labute approximate surface area is 228 Å². The molecule has 0 aromatic heterocycles. The lowest BCUT2D eigenvalue weighted by Gasteiger charge is -2.17. The van der Waals surface area contributed by atoms with Crippen LogP contribution in [-0.2, 0) is 9.53 Å². The second-order valence-electron chi connectivity index (χ2n) is 11.6. The van der Waals surface area contributed by atoms with Gasteiger partial charge in [0.15, 0.2) is 0 Å². The number of carbonyl (C=O) groups excluding carboxylic acids is 1. The van der Waals surface area contributed by atoms with Gasteiger partial charge >= 0.3 is 5.97 Å². The molecular weight excluding hydrogens is 440 g/mol. The highest BCUT2D eigenvalue weighted by atomic mass is 16.5. The zero-order valence-electron chi connectivity index (χ0n) is 25.4. The first-order valence-electron chi connectivity index (χ1n) is 16.9. The van der Waals surface area contributed by atoms with Crippen LogP contribution in [0.5, 0.6) is 0 Å². The van der Waals surface area contributed by atoms with Crippen LogP contribution in [0, 0.1) is 5.92 Å². The number of hydrogen-bond donors (Lipinski definition) is 0. The standard InChI is InChI=1S/C34H68O2/c1-4-7-10-12-14-16-18-19-21-23-25-27-29-33(31-32-36-34(35)30-9-6-3)28-26-24-22-20-17-15-13-11-8-5-2/h33H,4-32H2,1-3H3. The summed E-state index contributed by atoms with van der Waals surface area (Å²) < 4.78 is 5.55. The van der Waals surface area contributed by atoms with Crippen molar-refractivity contribution in [3.63, 3.8) is 0 Å². The summed E-state index contributed by atoms with van der Waals surface area (Å²) in [6, 6.07) is 0. The maximum Gasteiger partial charge on any atom is 0.305 e. The Hall–Kier alpha value is -0.530. The van der Waals surface area contributed by atoms with Crippen molar-refractivity contribution in [2.45, 2.75) is 201 Å². The predicted molar refractivity (Wildman–Crippen MR) is 161 cm³/mol. The summed E-state index contributed by atoms with van der Waals surface area (Å²) in [4.78, 5) is 11.9. The number of carbonyl (C=O) groups is 1.